The van der Waals surface area contributed by atoms with E-state index in [2.05, 4.69) is 10.3 Å². The van der Waals surface area contributed by atoms with Crippen molar-refractivity contribution < 1.29 is 19.1 Å². The van der Waals surface area contributed by atoms with Gasteiger partial charge in [0.2, 0.25) is 11.8 Å². The molecule has 1 aliphatic heterocycles. The number of amidine groups is 1. The summed E-state index contributed by atoms with van der Waals surface area (Å²) in [5.41, 5.74) is 1.21. The van der Waals surface area contributed by atoms with Gasteiger partial charge in [0.05, 0.1) is 14.2 Å². The van der Waals surface area contributed by atoms with Crippen LogP contribution in [0.5, 0.6) is 11.5 Å². The van der Waals surface area contributed by atoms with Crippen LogP contribution in [0.15, 0.2) is 53.5 Å². The standard InChI is InChI=1S/C20H21N3O4S/c1-23-18(24)12-17(19(25)21-13-7-6-8-14(11-13)26-2)28-20(23)22-15-9-4-5-10-16(15)27-3/h4-11,17H,12H2,1-3H3,(H,21,25). The number of carbonyl (C=O) groups excluding carboxylic acids is 2. The Hall–Kier alpha value is -3.00. The molecule has 1 saturated heterocycles. The van der Waals surface area contributed by atoms with Crippen LogP contribution in [-0.4, -0.2) is 48.4 Å². The molecule has 3 rings (SSSR count). The summed E-state index contributed by atoms with van der Waals surface area (Å²) in [5.74, 6) is 0.813. The zero-order valence-electron chi connectivity index (χ0n) is 15.8. The number of anilines is 1. The highest BCUT2D eigenvalue weighted by molar-refractivity contribution is 8.15. The molecule has 0 spiro atoms. The molecule has 146 valence electrons. The second-order valence-corrected chi connectivity index (χ2v) is 7.22. The van der Waals surface area contributed by atoms with Crippen LogP contribution in [0.2, 0.25) is 0 Å². The number of rotatable bonds is 5. The smallest absolute Gasteiger partial charge is 0.238 e. The molecule has 0 aliphatic carbocycles. The predicted molar refractivity (Wildman–Crippen MR) is 110 cm³/mol. The predicted octanol–water partition coefficient (Wildman–Crippen LogP) is 3.29. The summed E-state index contributed by atoms with van der Waals surface area (Å²) in [6.45, 7) is 0. The Kier molecular flexibility index (Phi) is 6.20. The summed E-state index contributed by atoms with van der Waals surface area (Å²) in [6, 6.07) is 14.3. The van der Waals surface area contributed by atoms with Crippen molar-refractivity contribution in [1.82, 2.24) is 4.90 Å². The van der Waals surface area contributed by atoms with Crippen LogP contribution >= 0.6 is 11.8 Å². The highest BCUT2D eigenvalue weighted by Gasteiger charge is 2.34. The van der Waals surface area contributed by atoms with Crippen molar-refractivity contribution in [1.29, 1.82) is 0 Å². The van der Waals surface area contributed by atoms with Gasteiger partial charge in [-0.3, -0.25) is 14.5 Å². The van der Waals surface area contributed by atoms with E-state index in [1.807, 2.05) is 12.1 Å². The zero-order valence-corrected chi connectivity index (χ0v) is 16.7. The van der Waals surface area contributed by atoms with Crippen LogP contribution in [0.4, 0.5) is 11.4 Å². The number of hydrogen-bond acceptors (Lipinski definition) is 6. The number of ether oxygens (including phenoxy) is 2. The molecule has 7 nitrogen and oxygen atoms in total. The van der Waals surface area contributed by atoms with Crippen LogP contribution in [0.3, 0.4) is 0 Å². The van der Waals surface area contributed by atoms with Crippen LogP contribution in [0.1, 0.15) is 6.42 Å². The van der Waals surface area contributed by atoms with Gasteiger partial charge in [0.25, 0.3) is 0 Å². The molecule has 1 atom stereocenters. The summed E-state index contributed by atoms with van der Waals surface area (Å²) in [6.07, 6.45) is 0.0991. The zero-order chi connectivity index (χ0) is 20.1. The van der Waals surface area contributed by atoms with E-state index in [-0.39, 0.29) is 18.2 Å². The maximum absolute atomic E-state index is 12.7. The van der Waals surface area contributed by atoms with E-state index in [1.54, 1.807) is 57.7 Å². The SMILES string of the molecule is COc1cccc(NC(=O)C2CC(=O)N(C)C(=Nc3ccccc3OC)S2)c1. The third-order valence-corrected chi connectivity index (χ3v) is 5.44. The first-order chi connectivity index (χ1) is 13.5. The maximum Gasteiger partial charge on any atom is 0.238 e. The van der Waals surface area contributed by atoms with Crippen molar-refractivity contribution in [3.63, 3.8) is 0 Å². The number of para-hydroxylation sites is 2. The molecule has 28 heavy (non-hydrogen) atoms. The van der Waals surface area contributed by atoms with Gasteiger partial charge < -0.3 is 14.8 Å². The molecule has 1 N–H and O–H groups in total. The Morgan fingerprint density at radius 2 is 1.96 bits per heavy atom. The number of amides is 2. The Labute approximate surface area is 167 Å². The fourth-order valence-corrected chi connectivity index (χ4v) is 3.70. The van der Waals surface area contributed by atoms with Crippen LogP contribution in [-0.2, 0) is 9.59 Å². The molecular formula is C20H21N3O4S. The topological polar surface area (TPSA) is 80.2 Å². The first-order valence-electron chi connectivity index (χ1n) is 8.61. The summed E-state index contributed by atoms with van der Waals surface area (Å²) in [4.78, 5) is 31.1. The molecule has 2 aromatic rings. The lowest BCUT2D eigenvalue weighted by atomic mass is 10.2. The molecule has 2 aromatic carbocycles. The van der Waals surface area contributed by atoms with Crippen molar-refractivity contribution >= 4 is 40.1 Å². The first kappa shape index (κ1) is 19.8. The van der Waals surface area contributed by atoms with E-state index in [9.17, 15) is 9.59 Å². The molecule has 1 fully saturated rings. The Morgan fingerprint density at radius 3 is 2.71 bits per heavy atom. The largest absolute Gasteiger partial charge is 0.497 e. The van der Waals surface area contributed by atoms with Gasteiger partial charge in [-0.15, -0.1) is 0 Å². The Balaban J connectivity index is 1.80. The minimum Gasteiger partial charge on any atom is -0.497 e. The number of nitrogens with one attached hydrogen (secondary N) is 1. The van der Waals surface area contributed by atoms with Crippen molar-refractivity contribution in [3.05, 3.63) is 48.5 Å². The van der Waals surface area contributed by atoms with Gasteiger partial charge in [0.1, 0.15) is 22.4 Å². The maximum atomic E-state index is 12.7. The van der Waals surface area contributed by atoms with E-state index < -0.39 is 5.25 Å². The molecule has 8 heteroatoms. The van der Waals surface area contributed by atoms with Gasteiger partial charge in [-0.05, 0) is 24.3 Å². The molecule has 1 aliphatic rings. The third kappa shape index (κ3) is 4.45. The summed E-state index contributed by atoms with van der Waals surface area (Å²) < 4.78 is 10.5. The summed E-state index contributed by atoms with van der Waals surface area (Å²) in [5, 5.41) is 2.71. The molecule has 1 heterocycles. The Morgan fingerprint density at radius 1 is 1.18 bits per heavy atom. The van der Waals surface area contributed by atoms with Crippen LogP contribution in [0.25, 0.3) is 0 Å². The summed E-state index contributed by atoms with van der Waals surface area (Å²) >= 11 is 1.25. The van der Waals surface area contributed by atoms with E-state index in [1.165, 1.54) is 16.7 Å². The number of hydrogen-bond donors (Lipinski definition) is 1. The van der Waals surface area contributed by atoms with E-state index in [4.69, 9.17) is 9.47 Å². The van der Waals surface area contributed by atoms with Crippen molar-refractivity contribution in [2.24, 2.45) is 4.99 Å². The van der Waals surface area contributed by atoms with Gasteiger partial charge in [0, 0.05) is 25.2 Å². The van der Waals surface area contributed by atoms with Gasteiger partial charge >= 0.3 is 0 Å². The van der Waals surface area contributed by atoms with Crippen molar-refractivity contribution in [2.45, 2.75) is 11.7 Å². The van der Waals surface area contributed by atoms with Crippen LogP contribution in [0, 0.1) is 0 Å². The van der Waals surface area contributed by atoms with Gasteiger partial charge in [0.15, 0.2) is 5.17 Å². The van der Waals surface area contributed by atoms with Crippen molar-refractivity contribution in [3.8, 4) is 11.5 Å². The fourth-order valence-electron chi connectivity index (χ4n) is 2.65. The molecule has 0 radical (unpaired) electrons. The molecule has 0 saturated carbocycles. The van der Waals surface area contributed by atoms with Crippen LogP contribution < -0.4 is 14.8 Å². The number of thioether (sulfide) groups is 1. The number of benzene rings is 2. The lowest BCUT2D eigenvalue weighted by Gasteiger charge is -2.29. The molecule has 2 amide bonds. The molecule has 0 bridgehead atoms. The summed E-state index contributed by atoms with van der Waals surface area (Å²) in [7, 11) is 4.78. The number of aliphatic imine (C=N–C) groups is 1. The molecular weight excluding hydrogens is 378 g/mol. The highest BCUT2D eigenvalue weighted by Crippen LogP contribution is 2.32. The fraction of sp³-hybridized carbons (Fsp3) is 0.250. The number of methoxy groups -OCH3 is 2. The second kappa shape index (κ2) is 8.79. The first-order valence-corrected chi connectivity index (χ1v) is 9.49. The second-order valence-electron chi connectivity index (χ2n) is 6.05. The lowest BCUT2D eigenvalue weighted by molar-refractivity contribution is -0.128. The average Bonchev–Trinajstić information content (AvgIpc) is 2.71. The number of nitrogens with zero attached hydrogens (tertiary/aromatic N) is 2. The molecule has 1 unspecified atom stereocenters. The minimum absolute atomic E-state index is 0.0991. The Bertz CT molecular complexity index is 916. The van der Waals surface area contributed by atoms with Crippen molar-refractivity contribution in [2.75, 3.05) is 26.6 Å². The van der Waals surface area contributed by atoms with E-state index in [0.29, 0.717) is 28.0 Å². The monoisotopic (exact) mass is 399 g/mol. The normalized spacial score (nSPS) is 18.1. The van der Waals surface area contributed by atoms with Gasteiger partial charge in [-0.25, -0.2) is 4.99 Å². The number of carbonyl (C=O) groups is 2. The highest BCUT2D eigenvalue weighted by atomic mass is 32.2. The average molecular weight is 399 g/mol. The lowest BCUT2D eigenvalue weighted by Crippen LogP contribution is -2.43. The van der Waals surface area contributed by atoms with E-state index >= 15 is 0 Å². The molecule has 0 aromatic heterocycles. The van der Waals surface area contributed by atoms with Gasteiger partial charge in [-0.1, -0.05) is 30.0 Å². The third-order valence-electron chi connectivity index (χ3n) is 4.20. The van der Waals surface area contributed by atoms with E-state index in [0.717, 1.165) is 0 Å². The van der Waals surface area contributed by atoms with Gasteiger partial charge in [-0.2, -0.15) is 0 Å². The minimum atomic E-state index is -0.580. The quantitative estimate of drug-likeness (QED) is 0.835.